The molecule has 0 N–H and O–H groups in total. The maximum atomic E-state index is 3.80. The van der Waals surface area contributed by atoms with Crippen LogP contribution in [0.2, 0.25) is 0 Å². The Morgan fingerprint density at radius 2 is 0.706 bits per heavy atom. The van der Waals surface area contributed by atoms with Gasteiger partial charge in [0.05, 0.1) is 0 Å². The third-order valence-corrected chi connectivity index (χ3v) is 10.5. The second-order valence-electron chi connectivity index (χ2n) is 12.7. The summed E-state index contributed by atoms with van der Waals surface area (Å²) in [6.07, 6.45) is 29.6. The van der Waals surface area contributed by atoms with Gasteiger partial charge in [-0.2, -0.15) is 0 Å². The lowest BCUT2D eigenvalue weighted by Gasteiger charge is -2.37. The zero-order valence-corrected chi connectivity index (χ0v) is 23.2. The van der Waals surface area contributed by atoms with Crippen LogP contribution < -0.4 is 0 Å². The molecule has 0 aromatic heterocycles. The van der Waals surface area contributed by atoms with Crippen molar-refractivity contribution >= 4 is 0 Å². The largest absolute Gasteiger partial charge is 0.106 e. The van der Waals surface area contributed by atoms with E-state index >= 15 is 0 Å². The van der Waals surface area contributed by atoms with E-state index in [2.05, 4.69) is 38.8 Å². The van der Waals surface area contributed by atoms with E-state index in [1.54, 1.807) is 0 Å². The first-order valence-electron chi connectivity index (χ1n) is 15.8. The molecule has 4 rings (SSSR count). The molecule has 4 aliphatic rings. The third-order valence-electron chi connectivity index (χ3n) is 10.5. The van der Waals surface area contributed by atoms with Crippen molar-refractivity contribution in [2.45, 2.75) is 142 Å². The first-order chi connectivity index (χ1) is 16.7. The number of hydrogen-bond acceptors (Lipinski definition) is 0. The molecule has 4 fully saturated rings. The van der Waals surface area contributed by atoms with Crippen LogP contribution in [-0.2, 0) is 0 Å². The summed E-state index contributed by atoms with van der Waals surface area (Å²) >= 11 is 0. The van der Waals surface area contributed by atoms with Gasteiger partial charge >= 0.3 is 0 Å². The van der Waals surface area contributed by atoms with Crippen molar-refractivity contribution in [3.63, 3.8) is 0 Å². The molecule has 4 aliphatic carbocycles. The quantitative estimate of drug-likeness (QED) is 0.270. The van der Waals surface area contributed by atoms with Crippen LogP contribution in [0.3, 0.4) is 0 Å². The second kappa shape index (κ2) is 15.4. The summed E-state index contributed by atoms with van der Waals surface area (Å²) in [7, 11) is 0. The second-order valence-corrected chi connectivity index (χ2v) is 12.7. The minimum Gasteiger partial charge on any atom is -0.106 e. The molecular formula is C34H58. The smallest absolute Gasteiger partial charge is 0.0203 e. The molecule has 34 heavy (non-hydrogen) atoms. The SMILES string of the molecule is C=C.CCCC1CCC(C2CCC(C#CC3CCC(C4CCC(CCC)CC4)CC3)CC2)CC1. The van der Waals surface area contributed by atoms with Crippen LogP contribution in [0.15, 0.2) is 13.2 Å². The summed E-state index contributed by atoms with van der Waals surface area (Å²) in [5.74, 6) is 15.4. The molecule has 0 heteroatoms. The Labute approximate surface area is 214 Å². The van der Waals surface area contributed by atoms with Crippen LogP contribution >= 0.6 is 0 Å². The molecule has 0 spiro atoms. The highest BCUT2D eigenvalue weighted by Crippen LogP contribution is 2.43. The van der Waals surface area contributed by atoms with E-state index in [-0.39, 0.29) is 0 Å². The molecule has 0 unspecified atom stereocenters. The van der Waals surface area contributed by atoms with Crippen LogP contribution in [0.4, 0.5) is 0 Å². The lowest BCUT2D eigenvalue weighted by atomic mass is 9.68. The van der Waals surface area contributed by atoms with E-state index in [1.165, 1.54) is 128 Å². The number of rotatable bonds is 6. The van der Waals surface area contributed by atoms with Crippen LogP contribution in [-0.4, -0.2) is 0 Å². The van der Waals surface area contributed by atoms with Gasteiger partial charge in [-0.05, 0) is 113 Å². The zero-order valence-electron chi connectivity index (χ0n) is 23.2. The molecule has 0 nitrogen and oxygen atoms in total. The van der Waals surface area contributed by atoms with Gasteiger partial charge in [0, 0.05) is 11.8 Å². The van der Waals surface area contributed by atoms with Crippen molar-refractivity contribution in [3.8, 4) is 11.8 Å². The predicted molar refractivity (Wildman–Crippen MR) is 151 cm³/mol. The van der Waals surface area contributed by atoms with Gasteiger partial charge in [0.1, 0.15) is 0 Å². The van der Waals surface area contributed by atoms with E-state index in [0.717, 1.165) is 47.3 Å². The molecule has 0 heterocycles. The maximum Gasteiger partial charge on any atom is 0.0203 e. The lowest BCUT2D eigenvalue weighted by Crippen LogP contribution is -2.26. The molecule has 0 aromatic carbocycles. The highest BCUT2D eigenvalue weighted by molar-refractivity contribution is 5.09. The Morgan fingerprint density at radius 1 is 0.441 bits per heavy atom. The predicted octanol–water partition coefficient (Wildman–Crippen LogP) is 10.6. The van der Waals surface area contributed by atoms with Crippen molar-refractivity contribution < 1.29 is 0 Å². The van der Waals surface area contributed by atoms with Gasteiger partial charge in [-0.25, -0.2) is 0 Å². The van der Waals surface area contributed by atoms with Gasteiger partial charge < -0.3 is 0 Å². The van der Waals surface area contributed by atoms with Crippen molar-refractivity contribution in [3.05, 3.63) is 13.2 Å². The van der Waals surface area contributed by atoms with Crippen molar-refractivity contribution in [2.75, 3.05) is 0 Å². The molecule has 194 valence electrons. The van der Waals surface area contributed by atoms with Gasteiger partial charge in [0.25, 0.3) is 0 Å². The Kier molecular flexibility index (Phi) is 12.6. The Bertz CT molecular complexity index is 525. The summed E-state index contributed by atoms with van der Waals surface area (Å²) in [5, 5.41) is 0. The van der Waals surface area contributed by atoms with Gasteiger partial charge in [-0.3, -0.25) is 0 Å². The Balaban J connectivity index is 0.00000158. The summed E-state index contributed by atoms with van der Waals surface area (Å²) < 4.78 is 0. The first-order valence-corrected chi connectivity index (χ1v) is 15.8. The average molecular weight is 467 g/mol. The van der Waals surface area contributed by atoms with E-state index in [0.29, 0.717) is 0 Å². The van der Waals surface area contributed by atoms with E-state index in [4.69, 9.17) is 0 Å². The van der Waals surface area contributed by atoms with Crippen LogP contribution in [0.25, 0.3) is 0 Å². The highest BCUT2D eigenvalue weighted by Gasteiger charge is 2.32. The normalized spacial score (nSPS) is 38.6. The average Bonchev–Trinajstić information content (AvgIpc) is 2.91. The standard InChI is InChI=1S/C32H54.C2H4/c1-3-5-25-9-17-29(18-10-25)31-21-13-27(14-22-31)7-8-28-15-23-32(24-16-28)30-19-11-26(6-4-2)12-20-30;1-2/h25-32H,3-6,9-24H2,1-2H3;1-2H2. The van der Waals surface area contributed by atoms with E-state index in [9.17, 15) is 0 Å². The maximum absolute atomic E-state index is 3.80. The zero-order chi connectivity index (χ0) is 24.2. The van der Waals surface area contributed by atoms with Gasteiger partial charge in [-0.15, -0.1) is 13.2 Å². The molecule has 0 aliphatic heterocycles. The van der Waals surface area contributed by atoms with Crippen molar-refractivity contribution in [1.82, 2.24) is 0 Å². The molecule has 0 atom stereocenters. The van der Waals surface area contributed by atoms with E-state index in [1.807, 2.05) is 0 Å². The molecule has 0 bridgehead atoms. The van der Waals surface area contributed by atoms with Gasteiger partial charge in [0.2, 0.25) is 0 Å². The van der Waals surface area contributed by atoms with Crippen LogP contribution in [0, 0.1) is 59.2 Å². The summed E-state index contributed by atoms with van der Waals surface area (Å²) in [5.41, 5.74) is 0. The van der Waals surface area contributed by atoms with Gasteiger partial charge in [-0.1, -0.05) is 77.1 Å². The minimum atomic E-state index is 0.731. The highest BCUT2D eigenvalue weighted by atomic mass is 14.4. The molecule has 0 radical (unpaired) electrons. The summed E-state index contributed by atoms with van der Waals surface area (Å²) in [4.78, 5) is 0. The molecular weight excluding hydrogens is 408 g/mol. The summed E-state index contributed by atoms with van der Waals surface area (Å²) in [6.45, 7) is 10.7. The third kappa shape index (κ3) is 8.45. The van der Waals surface area contributed by atoms with Crippen LogP contribution in [0.1, 0.15) is 142 Å². The van der Waals surface area contributed by atoms with Gasteiger partial charge in [0.15, 0.2) is 0 Å². The van der Waals surface area contributed by atoms with Crippen molar-refractivity contribution in [1.29, 1.82) is 0 Å². The monoisotopic (exact) mass is 466 g/mol. The fourth-order valence-corrected chi connectivity index (χ4v) is 8.42. The fraction of sp³-hybridized carbons (Fsp3) is 0.882. The Hall–Kier alpha value is -0.700. The molecule has 0 amide bonds. The molecule has 0 saturated heterocycles. The van der Waals surface area contributed by atoms with Crippen molar-refractivity contribution in [2.24, 2.45) is 47.3 Å². The first kappa shape index (κ1) is 27.9. The van der Waals surface area contributed by atoms with E-state index < -0.39 is 0 Å². The lowest BCUT2D eigenvalue weighted by molar-refractivity contribution is 0.152. The minimum absolute atomic E-state index is 0.731. The fourth-order valence-electron chi connectivity index (χ4n) is 8.42. The molecule has 4 saturated carbocycles. The Morgan fingerprint density at radius 3 is 0.971 bits per heavy atom. The molecule has 0 aromatic rings. The summed E-state index contributed by atoms with van der Waals surface area (Å²) in [6, 6.07) is 0. The number of hydrogen-bond donors (Lipinski definition) is 0. The topological polar surface area (TPSA) is 0 Å². The van der Waals surface area contributed by atoms with Crippen LogP contribution in [0.5, 0.6) is 0 Å².